The highest BCUT2D eigenvalue weighted by Gasteiger charge is 2.04. The highest BCUT2D eigenvalue weighted by molar-refractivity contribution is 7.80. The van der Waals surface area contributed by atoms with Crippen LogP contribution in [0, 0.1) is 0 Å². The first-order valence-electron chi connectivity index (χ1n) is 6.04. The summed E-state index contributed by atoms with van der Waals surface area (Å²) in [6.45, 7) is 3.97. The van der Waals surface area contributed by atoms with E-state index in [1.165, 1.54) is 32.1 Å². The van der Waals surface area contributed by atoms with Gasteiger partial charge < -0.3 is 4.74 Å². The molecule has 0 aromatic heterocycles. The van der Waals surface area contributed by atoms with Gasteiger partial charge in [0.25, 0.3) is 0 Å². The molecule has 0 bridgehead atoms. The minimum absolute atomic E-state index is 0.119. The van der Waals surface area contributed by atoms with Gasteiger partial charge in [-0.1, -0.05) is 45.4 Å². The van der Waals surface area contributed by atoms with Gasteiger partial charge in [0.1, 0.15) is 5.44 Å². The van der Waals surface area contributed by atoms with E-state index in [1.807, 2.05) is 0 Å². The first-order chi connectivity index (χ1) is 7.16. The number of hydrogen-bond acceptors (Lipinski definition) is 3. The van der Waals surface area contributed by atoms with E-state index in [4.69, 9.17) is 4.74 Å². The molecule has 0 fully saturated rings. The molecule has 0 radical (unpaired) electrons. The summed E-state index contributed by atoms with van der Waals surface area (Å²) in [5.74, 6) is -0.119. The Hall–Kier alpha value is -0.180. The van der Waals surface area contributed by atoms with Crippen molar-refractivity contribution in [1.29, 1.82) is 0 Å². The molecule has 0 aliphatic heterocycles. The Bertz CT molecular complexity index is 158. The monoisotopic (exact) mass is 232 g/mol. The number of carbonyl (C=O) groups excluding carboxylic acids is 1. The second kappa shape index (κ2) is 10.3. The van der Waals surface area contributed by atoms with Gasteiger partial charge in [-0.2, -0.15) is 0 Å². The average Bonchev–Trinajstić information content (AvgIpc) is 2.15. The zero-order chi connectivity index (χ0) is 11.5. The number of ether oxygens (including phenoxy) is 1. The number of hydrogen-bond donors (Lipinski definition) is 1. The Morgan fingerprint density at radius 3 is 2.20 bits per heavy atom. The zero-order valence-corrected chi connectivity index (χ0v) is 10.9. The van der Waals surface area contributed by atoms with Crippen LogP contribution >= 0.6 is 12.6 Å². The van der Waals surface area contributed by atoms with Gasteiger partial charge in [-0.25, -0.2) is 0 Å². The van der Waals surface area contributed by atoms with Gasteiger partial charge in [0.05, 0.1) is 0 Å². The Balaban J connectivity index is 3.13. The highest BCUT2D eigenvalue weighted by atomic mass is 32.1. The van der Waals surface area contributed by atoms with Gasteiger partial charge in [0.15, 0.2) is 0 Å². The third-order valence-corrected chi connectivity index (χ3v) is 2.39. The normalized spacial score (nSPS) is 12.5. The van der Waals surface area contributed by atoms with E-state index in [0.29, 0.717) is 6.42 Å². The Morgan fingerprint density at radius 1 is 1.13 bits per heavy atom. The lowest BCUT2D eigenvalue weighted by molar-refractivity contribution is -0.144. The van der Waals surface area contributed by atoms with Gasteiger partial charge in [0, 0.05) is 6.42 Å². The maximum Gasteiger partial charge on any atom is 0.306 e. The van der Waals surface area contributed by atoms with E-state index in [2.05, 4.69) is 19.6 Å². The summed E-state index contributed by atoms with van der Waals surface area (Å²) in [5.41, 5.74) is -0.276. The molecule has 0 saturated heterocycles. The third-order valence-electron chi connectivity index (χ3n) is 2.29. The average molecular weight is 232 g/mol. The zero-order valence-electron chi connectivity index (χ0n) is 10.00. The third kappa shape index (κ3) is 11.7. The molecule has 2 nitrogen and oxygen atoms in total. The predicted octanol–water partition coefficient (Wildman–Crippen LogP) is 3.95. The van der Waals surface area contributed by atoms with Gasteiger partial charge in [0.2, 0.25) is 0 Å². The molecule has 0 rings (SSSR count). The Kier molecular flexibility index (Phi) is 10.2. The van der Waals surface area contributed by atoms with Crippen molar-refractivity contribution in [2.75, 3.05) is 0 Å². The lowest BCUT2D eigenvalue weighted by Gasteiger charge is -2.06. The van der Waals surface area contributed by atoms with Crippen LogP contribution in [0.3, 0.4) is 0 Å². The van der Waals surface area contributed by atoms with Crippen molar-refractivity contribution in [3.8, 4) is 0 Å². The second-order valence-electron chi connectivity index (χ2n) is 3.96. The SMILES string of the molecule is CCCCCCCCCC(=O)OC(C)S. The fourth-order valence-corrected chi connectivity index (χ4v) is 1.59. The first-order valence-corrected chi connectivity index (χ1v) is 6.56. The van der Waals surface area contributed by atoms with Crippen LogP contribution in [0.2, 0.25) is 0 Å². The quantitative estimate of drug-likeness (QED) is 0.282. The molecular weight excluding hydrogens is 208 g/mol. The van der Waals surface area contributed by atoms with Crippen molar-refractivity contribution in [3.63, 3.8) is 0 Å². The Morgan fingerprint density at radius 2 is 1.67 bits per heavy atom. The van der Waals surface area contributed by atoms with Crippen LogP contribution < -0.4 is 0 Å². The maximum absolute atomic E-state index is 11.1. The summed E-state index contributed by atoms with van der Waals surface area (Å²) in [6.07, 6.45) is 9.11. The molecule has 0 aromatic rings. The van der Waals surface area contributed by atoms with E-state index >= 15 is 0 Å². The van der Waals surface area contributed by atoms with Crippen molar-refractivity contribution < 1.29 is 9.53 Å². The van der Waals surface area contributed by atoms with E-state index in [9.17, 15) is 4.79 Å². The first kappa shape index (κ1) is 14.8. The Labute approximate surface area is 99.2 Å². The number of thiol groups is 1. The molecule has 0 aromatic carbocycles. The summed E-state index contributed by atoms with van der Waals surface area (Å²) in [6, 6.07) is 0. The topological polar surface area (TPSA) is 26.3 Å². The predicted molar refractivity (Wildman–Crippen MR) is 67.2 cm³/mol. The standard InChI is InChI=1S/C12H24O2S/c1-3-4-5-6-7-8-9-10-12(13)14-11(2)15/h11,15H,3-10H2,1-2H3. The molecule has 1 atom stereocenters. The minimum Gasteiger partial charge on any atom is -0.452 e. The van der Waals surface area contributed by atoms with Crippen molar-refractivity contribution in [2.45, 2.75) is 70.7 Å². The fraction of sp³-hybridized carbons (Fsp3) is 0.917. The summed E-state index contributed by atoms with van der Waals surface area (Å²) >= 11 is 4.00. The minimum atomic E-state index is -0.276. The number of carbonyl (C=O) groups is 1. The van der Waals surface area contributed by atoms with Crippen molar-refractivity contribution in [1.82, 2.24) is 0 Å². The largest absolute Gasteiger partial charge is 0.452 e. The molecule has 90 valence electrons. The fourth-order valence-electron chi connectivity index (χ4n) is 1.48. The summed E-state index contributed by atoms with van der Waals surface area (Å²) in [5, 5.41) is 0. The molecule has 0 amide bonds. The summed E-state index contributed by atoms with van der Waals surface area (Å²) in [4.78, 5) is 11.1. The van der Waals surface area contributed by atoms with Crippen molar-refractivity contribution in [3.05, 3.63) is 0 Å². The number of rotatable bonds is 9. The molecular formula is C12H24O2S. The molecule has 0 N–H and O–H groups in total. The van der Waals surface area contributed by atoms with E-state index in [0.717, 1.165) is 12.8 Å². The molecule has 3 heteroatoms. The summed E-state index contributed by atoms with van der Waals surface area (Å²) < 4.78 is 4.92. The number of unbranched alkanes of at least 4 members (excludes halogenated alkanes) is 6. The second-order valence-corrected chi connectivity index (χ2v) is 4.69. The lowest BCUT2D eigenvalue weighted by Crippen LogP contribution is -2.08. The number of esters is 1. The van der Waals surface area contributed by atoms with E-state index in [1.54, 1.807) is 6.92 Å². The van der Waals surface area contributed by atoms with Crippen molar-refractivity contribution >= 4 is 18.6 Å². The van der Waals surface area contributed by atoms with E-state index < -0.39 is 0 Å². The van der Waals surface area contributed by atoms with Crippen LogP contribution in [0.1, 0.15) is 65.2 Å². The molecule has 0 aliphatic carbocycles. The van der Waals surface area contributed by atoms with Gasteiger partial charge in [-0.3, -0.25) is 4.79 Å². The summed E-state index contributed by atoms with van der Waals surface area (Å²) in [7, 11) is 0. The van der Waals surface area contributed by atoms with Crippen LogP contribution in [0.15, 0.2) is 0 Å². The molecule has 0 spiro atoms. The van der Waals surface area contributed by atoms with Crippen LogP contribution in [0.25, 0.3) is 0 Å². The molecule has 1 unspecified atom stereocenters. The maximum atomic E-state index is 11.1. The van der Waals surface area contributed by atoms with E-state index in [-0.39, 0.29) is 11.4 Å². The van der Waals surface area contributed by atoms with Gasteiger partial charge in [-0.05, 0) is 13.3 Å². The van der Waals surface area contributed by atoms with Crippen molar-refractivity contribution in [2.24, 2.45) is 0 Å². The molecule has 15 heavy (non-hydrogen) atoms. The van der Waals surface area contributed by atoms with Crippen LogP contribution in [-0.2, 0) is 9.53 Å². The molecule has 0 aliphatic rings. The lowest BCUT2D eigenvalue weighted by atomic mass is 10.1. The van der Waals surface area contributed by atoms with Gasteiger partial charge >= 0.3 is 5.97 Å². The van der Waals surface area contributed by atoms with Gasteiger partial charge in [-0.15, -0.1) is 12.6 Å². The van der Waals surface area contributed by atoms with Crippen LogP contribution in [0.5, 0.6) is 0 Å². The van der Waals surface area contributed by atoms with Crippen LogP contribution in [-0.4, -0.2) is 11.4 Å². The molecule has 0 heterocycles. The molecule has 0 saturated carbocycles. The van der Waals surface area contributed by atoms with Crippen LogP contribution in [0.4, 0.5) is 0 Å². The smallest absolute Gasteiger partial charge is 0.306 e. The highest BCUT2D eigenvalue weighted by Crippen LogP contribution is 2.09.